The maximum Gasteiger partial charge on any atom is 0.249 e. The van der Waals surface area contributed by atoms with Crippen molar-refractivity contribution in [3.05, 3.63) is 29.8 Å². The number of carbonyl (C=O) groups is 2. The SMILES string of the molecule is CC(C)(C)[Si](C)(C)OC[C@@H]1NC(=O)[C@@H]2C[C@@]3(O)c4ccccc4N[C@H]3N2C1=O. The molecule has 3 aliphatic rings. The number of aliphatic hydroxyl groups is 1. The minimum Gasteiger partial charge on any atom is -0.414 e. The lowest BCUT2D eigenvalue weighted by atomic mass is 9.91. The smallest absolute Gasteiger partial charge is 0.249 e. The Labute approximate surface area is 166 Å². The minimum atomic E-state index is -2.05. The van der Waals surface area contributed by atoms with Gasteiger partial charge < -0.3 is 25.1 Å². The fourth-order valence-electron chi connectivity index (χ4n) is 4.13. The van der Waals surface area contributed by atoms with Crippen molar-refractivity contribution in [1.82, 2.24) is 10.2 Å². The van der Waals surface area contributed by atoms with Gasteiger partial charge in [-0.25, -0.2) is 0 Å². The molecule has 4 atom stereocenters. The molecule has 0 saturated carbocycles. The van der Waals surface area contributed by atoms with Gasteiger partial charge in [-0.15, -0.1) is 0 Å². The van der Waals surface area contributed by atoms with Crippen LogP contribution in [0.3, 0.4) is 0 Å². The molecule has 2 amide bonds. The molecule has 0 aromatic heterocycles. The number of nitrogens with one attached hydrogen (secondary N) is 2. The summed E-state index contributed by atoms with van der Waals surface area (Å²) in [6, 6.07) is 6.07. The lowest BCUT2D eigenvalue weighted by molar-refractivity contribution is -0.150. The Kier molecular flexibility index (Phi) is 4.19. The van der Waals surface area contributed by atoms with Gasteiger partial charge in [-0.1, -0.05) is 39.0 Å². The van der Waals surface area contributed by atoms with E-state index in [2.05, 4.69) is 44.5 Å². The van der Waals surface area contributed by atoms with Crippen LogP contribution in [0.4, 0.5) is 5.69 Å². The lowest BCUT2D eigenvalue weighted by Gasteiger charge is -2.40. The summed E-state index contributed by atoms with van der Waals surface area (Å²) in [5.41, 5.74) is 0.286. The summed E-state index contributed by atoms with van der Waals surface area (Å²) in [6.45, 7) is 10.8. The van der Waals surface area contributed by atoms with E-state index in [0.717, 1.165) is 11.3 Å². The van der Waals surface area contributed by atoms with Crippen molar-refractivity contribution in [2.45, 2.75) is 69.2 Å². The van der Waals surface area contributed by atoms with Gasteiger partial charge >= 0.3 is 0 Å². The number of para-hydroxylation sites is 1. The molecule has 0 unspecified atom stereocenters. The molecule has 3 heterocycles. The number of fused-ring (bicyclic) bond motifs is 5. The first-order valence-electron chi connectivity index (χ1n) is 9.81. The highest BCUT2D eigenvalue weighted by molar-refractivity contribution is 6.74. The Bertz CT molecular complexity index is 837. The lowest BCUT2D eigenvalue weighted by Crippen LogP contribution is -2.65. The third kappa shape index (κ3) is 2.69. The molecule has 1 aromatic rings. The molecule has 0 radical (unpaired) electrons. The van der Waals surface area contributed by atoms with E-state index < -0.39 is 32.2 Å². The maximum atomic E-state index is 13.3. The van der Waals surface area contributed by atoms with Crippen molar-refractivity contribution in [3.8, 4) is 0 Å². The van der Waals surface area contributed by atoms with Gasteiger partial charge in [0, 0.05) is 17.7 Å². The normalized spacial score (nSPS) is 31.8. The third-order valence-electron chi connectivity index (χ3n) is 6.85. The monoisotopic (exact) mass is 403 g/mol. The Morgan fingerprint density at radius 3 is 2.61 bits per heavy atom. The molecule has 1 aromatic carbocycles. The number of anilines is 1. The Morgan fingerprint density at radius 2 is 1.93 bits per heavy atom. The Hall–Kier alpha value is -1.90. The first-order chi connectivity index (χ1) is 13.0. The van der Waals surface area contributed by atoms with Crippen molar-refractivity contribution in [1.29, 1.82) is 0 Å². The van der Waals surface area contributed by atoms with Crippen LogP contribution in [0.25, 0.3) is 0 Å². The van der Waals surface area contributed by atoms with Crippen molar-refractivity contribution in [3.63, 3.8) is 0 Å². The second kappa shape index (κ2) is 6.05. The van der Waals surface area contributed by atoms with Crippen molar-refractivity contribution < 1.29 is 19.1 Å². The van der Waals surface area contributed by atoms with Crippen LogP contribution in [0.2, 0.25) is 18.1 Å². The zero-order chi connectivity index (χ0) is 20.5. The van der Waals surface area contributed by atoms with E-state index in [1.807, 2.05) is 24.3 Å². The Morgan fingerprint density at radius 1 is 1.25 bits per heavy atom. The largest absolute Gasteiger partial charge is 0.414 e. The van der Waals surface area contributed by atoms with Crippen molar-refractivity contribution in [2.75, 3.05) is 11.9 Å². The standard InChI is InChI=1S/C20H29N3O4Si/c1-19(2,3)28(4,5)27-11-14-17(25)23-15(16(24)21-14)10-20(26)12-8-6-7-9-13(12)22-18(20)23/h6-9,14-15,18,22,26H,10-11H2,1-5H3,(H,21,24)/t14-,15-,18-,20+/m0/s1. The van der Waals surface area contributed by atoms with Crippen LogP contribution in [-0.2, 0) is 19.6 Å². The van der Waals surface area contributed by atoms with E-state index in [1.165, 1.54) is 4.90 Å². The average Bonchev–Trinajstić information content (AvgIpc) is 3.05. The summed E-state index contributed by atoms with van der Waals surface area (Å²) in [5, 5.41) is 17.4. The molecule has 3 aliphatic heterocycles. The zero-order valence-corrected chi connectivity index (χ0v) is 18.1. The predicted molar refractivity (Wildman–Crippen MR) is 108 cm³/mol. The zero-order valence-electron chi connectivity index (χ0n) is 17.1. The molecule has 28 heavy (non-hydrogen) atoms. The van der Waals surface area contributed by atoms with Gasteiger partial charge in [0.05, 0.1) is 6.61 Å². The highest BCUT2D eigenvalue weighted by Crippen LogP contribution is 2.50. The predicted octanol–water partition coefficient (Wildman–Crippen LogP) is 1.75. The van der Waals surface area contributed by atoms with Crippen molar-refractivity contribution in [2.24, 2.45) is 0 Å². The van der Waals surface area contributed by atoms with Gasteiger partial charge in [0.1, 0.15) is 23.9 Å². The van der Waals surface area contributed by atoms with Crippen LogP contribution in [0.1, 0.15) is 32.8 Å². The van der Waals surface area contributed by atoms with Crippen LogP contribution in [0.5, 0.6) is 0 Å². The summed E-state index contributed by atoms with van der Waals surface area (Å²) in [4.78, 5) is 27.5. The van der Waals surface area contributed by atoms with Gasteiger partial charge in [-0.3, -0.25) is 9.59 Å². The first kappa shape index (κ1) is 19.4. The highest BCUT2D eigenvalue weighted by atomic mass is 28.4. The fraction of sp³-hybridized carbons (Fsp3) is 0.600. The van der Waals surface area contributed by atoms with Gasteiger partial charge in [0.2, 0.25) is 11.8 Å². The Balaban J connectivity index is 1.57. The second-order valence-corrected chi connectivity index (χ2v) is 14.4. The van der Waals surface area contributed by atoms with Crippen LogP contribution >= 0.6 is 0 Å². The van der Waals surface area contributed by atoms with Crippen molar-refractivity contribution >= 4 is 25.8 Å². The van der Waals surface area contributed by atoms with Crippen LogP contribution in [0, 0.1) is 0 Å². The van der Waals surface area contributed by atoms with Crippen LogP contribution in [0.15, 0.2) is 24.3 Å². The number of nitrogens with zero attached hydrogens (tertiary/aromatic N) is 1. The van der Waals surface area contributed by atoms with Crippen LogP contribution < -0.4 is 10.6 Å². The molecule has 152 valence electrons. The number of hydrogen-bond donors (Lipinski definition) is 3. The number of rotatable bonds is 3. The number of hydrogen-bond acceptors (Lipinski definition) is 5. The summed E-state index contributed by atoms with van der Waals surface area (Å²) >= 11 is 0. The molecular weight excluding hydrogens is 374 g/mol. The third-order valence-corrected chi connectivity index (χ3v) is 11.3. The molecule has 3 N–H and O–H groups in total. The first-order valence-corrected chi connectivity index (χ1v) is 12.7. The van der Waals surface area contributed by atoms with E-state index >= 15 is 0 Å². The molecule has 0 spiro atoms. The van der Waals surface area contributed by atoms with Gasteiger partial charge in [-0.2, -0.15) is 0 Å². The van der Waals surface area contributed by atoms with E-state index in [4.69, 9.17) is 4.43 Å². The maximum absolute atomic E-state index is 13.3. The molecular formula is C20H29N3O4Si. The highest BCUT2D eigenvalue weighted by Gasteiger charge is 2.62. The van der Waals surface area contributed by atoms with E-state index in [1.54, 1.807) is 0 Å². The molecule has 0 bridgehead atoms. The molecule has 4 rings (SSSR count). The van der Waals surface area contributed by atoms with Gasteiger partial charge in [0.15, 0.2) is 8.32 Å². The summed E-state index contributed by atoms with van der Waals surface area (Å²) < 4.78 is 6.19. The average molecular weight is 404 g/mol. The van der Waals surface area contributed by atoms with E-state index in [9.17, 15) is 14.7 Å². The minimum absolute atomic E-state index is 0.0137. The summed E-state index contributed by atoms with van der Waals surface area (Å²) in [7, 11) is -2.05. The van der Waals surface area contributed by atoms with Crippen LogP contribution in [-0.4, -0.2) is 55.0 Å². The number of carbonyl (C=O) groups excluding carboxylic acids is 2. The molecule has 2 fully saturated rings. The number of piperazine rings is 1. The van der Waals surface area contributed by atoms with E-state index in [0.29, 0.717) is 0 Å². The number of amides is 2. The van der Waals surface area contributed by atoms with E-state index in [-0.39, 0.29) is 29.9 Å². The molecule has 0 aliphatic carbocycles. The topological polar surface area (TPSA) is 90.9 Å². The summed E-state index contributed by atoms with van der Waals surface area (Å²) in [6.07, 6.45) is -0.446. The second-order valence-electron chi connectivity index (χ2n) is 9.61. The van der Waals surface area contributed by atoms with Gasteiger partial charge in [0.25, 0.3) is 0 Å². The molecule has 2 saturated heterocycles. The molecule has 8 heteroatoms. The van der Waals surface area contributed by atoms with Gasteiger partial charge in [-0.05, 0) is 24.2 Å². The summed E-state index contributed by atoms with van der Waals surface area (Å²) in [5.74, 6) is -0.435. The quantitative estimate of drug-likeness (QED) is 0.669. The fourth-order valence-corrected chi connectivity index (χ4v) is 5.14. The number of benzene rings is 1. The molecule has 7 nitrogen and oxygen atoms in total.